The molecule has 0 saturated heterocycles. The maximum Gasteiger partial charge on any atom is 2.00 e. The molecule has 136 valence electrons. The van der Waals surface area contributed by atoms with Crippen LogP contribution in [0.25, 0.3) is 0 Å². The second-order valence-corrected chi connectivity index (χ2v) is 4.73. The molecular weight excluding hydrogens is 367 g/mol. The Morgan fingerprint density at radius 1 is 0.958 bits per heavy atom. The van der Waals surface area contributed by atoms with E-state index in [0.717, 1.165) is 37.8 Å². The minimum Gasteiger partial charge on any atom is -0.634 e. The summed E-state index contributed by atoms with van der Waals surface area (Å²) in [7, 11) is -4.64. The Morgan fingerprint density at radius 2 is 1.21 bits per heavy atom. The van der Waals surface area contributed by atoms with Crippen LogP contribution < -0.4 is 0 Å². The molecule has 0 spiro atoms. The summed E-state index contributed by atoms with van der Waals surface area (Å²) < 4.78 is 18.0. The monoisotopic (exact) mass is 392 g/mol. The molecule has 0 aromatic carbocycles. The van der Waals surface area contributed by atoms with Crippen LogP contribution in [0.5, 0.6) is 0 Å². The maximum absolute atomic E-state index is 10.3. The largest absolute Gasteiger partial charge is 2.00 e. The molecule has 0 aliphatic carbocycles. The zero-order valence-corrected chi connectivity index (χ0v) is 17.2. The Labute approximate surface area is 173 Å². The van der Waals surface area contributed by atoms with Crippen molar-refractivity contribution < 1.29 is 38.3 Å². The van der Waals surface area contributed by atoms with E-state index in [9.17, 15) is 9.59 Å². The first-order chi connectivity index (χ1) is 10.6. The third-order valence-electron chi connectivity index (χ3n) is 1.55. The van der Waals surface area contributed by atoms with Crippen molar-refractivity contribution in [3.63, 3.8) is 0 Å². The molecule has 10 heteroatoms. The molecule has 0 aliphatic heterocycles. The Hall–Kier alpha value is -0.210. The minimum absolute atomic E-state index is 0. The second kappa shape index (κ2) is 22.8. The predicted octanol–water partition coefficient (Wildman–Crippen LogP) is 2.05. The molecule has 0 aromatic rings. The number of carbonyl (C=O) groups excluding carboxylic acids is 2. The van der Waals surface area contributed by atoms with Crippen molar-refractivity contribution in [3.05, 3.63) is 38.5 Å². The van der Waals surface area contributed by atoms with E-state index in [0.29, 0.717) is 0 Å². The van der Waals surface area contributed by atoms with Crippen LogP contribution in [0, 0.1) is 13.2 Å². The molecule has 8 nitrogen and oxygen atoms in total. The third kappa shape index (κ3) is 49.5. The predicted molar refractivity (Wildman–Crippen MR) is 91.0 cm³/mol. The Bertz CT molecular complexity index is 347. The van der Waals surface area contributed by atoms with E-state index in [1.54, 1.807) is 0 Å². The molecule has 0 saturated carbocycles. The molecule has 0 radical (unpaired) electrons. The molecule has 0 bridgehead atoms. The van der Waals surface area contributed by atoms with Crippen LogP contribution in [-0.2, 0) is 23.6 Å². The van der Waals surface area contributed by atoms with Crippen LogP contribution in [-0.4, -0.2) is 64.4 Å². The fourth-order valence-electron chi connectivity index (χ4n) is 0.614. The summed E-state index contributed by atoms with van der Waals surface area (Å²) in [5, 5.41) is 0. The number of phosphoric acid groups is 1. The van der Waals surface area contributed by atoms with E-state index in [1.807, 2.05) is 13.8 Å². The quantitative estimate of drug-likeness (QED) is 0.143. The maximum atomic E-state index is 10.3. The van der Waals surface area contributed by atoms with Gasteiger partial charge in [-0.15, -0.1) is 12.8 Å². The Kier molecular flexibility index (Phi) is 30.0. The van der Waals surface area contributed by atoms with Crippen LogP contribution in [0.1, 0.15) is 39.5 Å². The van der Waals surface area contributed by atoms with Crippen molar-refractivity contribution in [2.75, 3.05) is 0 Å². The average molecular weight is 392 g/mol. The number of ether oxygens (including phenoxy) is 2. The smallest absolute Gasteiger partial charge is 0.634 e. The average Bonchev–Trinajstić information content (AvgIpc) is 2.46. The van der Waals surface area contributed by atoms with Crippen LogP contribution in [0.15, 0.2) is 25.3 Å². The van der Waals surface area contributed by atoms with Crippen molar-refractivity contribution in [1.29, 1.82) is 0 Å². The zero-order valence-electron chi connectivity index (χ0n) is 14.1. The van der Waals surface area contributed by atoms with E-state index < -0.39 is 7.82 Å². The number of unbranched alkanes of at least 4 members (excludes halogenated alkanes) is 2. The van der Waals surface area contributed by atoms with E-state index in [4.69, 9.17) is 19.2 Å². The van der Waals surface area contributed by atoms with Gasteiger partial charge in [0.2, 0.25) is 0 Å². The van der Waals surface area contributed by atoms with E-state index >= 15 is 0 Å². The summed E-state index contributed by atoms with van der Waals surface area (Å²) in [5.41, 5.74) is 0. The third-order valence-corrected chi connectivity index (χ3v) is 1.55. The van der Waals surface area contributed by atoms with Crippen molar-refractivity contribution in [2.24, 2.45) is 0 Å². The summed E-state index contributed by atoms with van der Waals surface area (Å²) >= 11 is 0. The van der Waals surface area contributed by atoms with Gasteiger partial charge in [0.1, 0.15) is 0 Å². The molecule has 0 atom stereocenters. The minimum atomic E-state index is -4.64. The summed E-state index contributed by atoms with van der Waals surface area (Å²) in [6.07, 6.45) is 5.88. The normalized spacial score (nSPS) is 8.88. The number of hydrogen-bond acceptors (Lipinski definition) is 5. The topological polar surface area (TPSA) is 130 Å². The van der Waals surface area contributed by atoms with Gasteiger partial charge in [-0.05, 0) is 0 Å². The molecule has 24 heavy (non-hydrogen) atoms. The summed E-state index contributed by atoms with van der Waals surface area (Å²) in [5.74, 6) is -0.771. The fraction of sp³-hybridized carbons (Fsp3) is 0.429. The Balaban J connectivity index is -0.000000128. The SMILES string of the molecule is C=CC(=O)O[CH-]CCC.C=CC(=O)O[CH-]CCC.O=P(O)(O)O.[Ca+2]. The van der Waals surface area contributed by atoms with Gasteiger partial charge in [-0.1, -0.05) is 39.8 Å². The van der Waals surface area contributed by atoms with Gasteiger partial charge in [-0.3, -0.25) is 0 Å². The second-order valence-electron chi connectivity index (χ2n) is 3.71. The number of rotatable bonds is 8. The van der Waals surface area contributed by atoms with Crippen LogP contribution in [0.3, 0.4) is 0 Å². The summed E-state index contributed by atoms with van der Waals surface area (Å²) in [6.45, 7) is 13.5. The van der Waals surface area contributed by atoms with E-state index in [1.165, 1.54) is 13.2 Å². The van der Waals surface area contributed by atoms with Crippen molar-refractivity contribution in [1.82, 2.24) is 0 Å². The molecule has 0 rings (SSSR count). The van der Waals surface area contributed by atoms with Gasteiger partial charge in [0.25, 0.3) is 11.9 Å². The molecule has 0 heterocycles. The first-order valence-electron chi connectivity index (χ1n) is 6.70. The Morgan fingerprint density at radius 3 is 1.38 bits per heavy atom. The van der Waals surface area contributed by atoms with Gasteiger partial charge in [-0.25, -0.2) is 14.2 Å². The van der Waals surface area contributed by atoms with Crippen molar-refractivity contribution in [3.8, 4) is 0 Å². The summed E-state index contributed by atoms with van der Waals surface area (Å²) in [4.78, 5) is 42.2. The van der Waals surface area contributed by atoms with Crippen LogP contribution >= 0.6 is 7.82 Å². The van der Waals surface area contributed by atoms with Gasteiger partial charge in [0, 0.05) is 12.2 Å². The molecular formula is C14H25CaO8P. The van der Waals surface area contributed by atoms with Gasteiger partial charge < -0.3 is 24.2 Å². The standard InChI is InChI=1S/2C7H11O2.Ca.H3O4P/c2*1-3-5-6-9-7(8)4-2;;1-5(2,3)4/h2*4,6H,2-3,5H2,1H3;;(H3,1,2,3,4)/q2*-1;+2;. The van der Waals surface area contributed by atoms with Gasteiger partial charge >= 0.3 is 45.6 Å². The molecule has 0 amide bonds. The van der Waals surface area contributed by atoms with E-state index in [-0.39, 0.29) is 49.7 Å². The number of hydrogen-bond donors (Lipinski definition) is 3. The molecule has 0 aliphatic rings. The van der Waals surface area contributed by atoms with Crippen molar-refractivity contribution in [2.45, 2.75) is 39.5 Å². The fourth-order valence-corrected chi connectivity index (χ4v) is 0.614. The van der Waals surface area contributed by atoms with Gasteiger partial charge in [0.15, 0.2) is 0 Å². The number of carbonyl (C=O) groups is 2. The van der Waals surface area contributed by atoms with Gasteiger partial charge in [0.05, 0.1) is 0 Å². The zero-order chi connectivity index (χ0) is 18.7. The van der Waals surface area contributed by atoms with Crippen LogP contribution in [0.4, 0.5) is 0 Å². The first-order valence-corrected chi connectivity index (χ1v) is 8.26. The summed E-state index contributed by atoms with van der Waals surface area (Å²) in [6, 6.07) is 0. The van der Waals surface area contributed by atoms with Crippen LogP contribution in [0.2, 0.25) is 0 Å². The van der Waals surface area contributed by atoms with Crippen molar-refractivity contribution >= 4 is 57.5 Å². The molecule has 0 fully saturated rings. The molecule has 0 aromatic heterocycles. The molecule has 0 unspecified atom stereocenters. The van der Waals surface area contributed by atoms with Gasteiger partial charge in [-0.2, -0.15) is 13.2 Å². The first kappa shape index (κ1) is 31.5. The molecule has 3 N–H and O–H groups in total. The number of esters is 2. The van der Waals surface area contributed by atoms with E-state index in [2.05, 4.69) is 22.6 Å².